The summed E-state index contributed by atoms with van der Waals surface area (Å²) in [7, 11) is 0. The topological polar surface area (TPSA) is 79.3 Å². The van der Waals surface area contributed by atoms with Crippen LogP contribution in [0.2, 0.25) is 0 Å². The molecule has 1 aromatic heterocycles. The standard InChI is InChI=1S/C11H12N2O3/c1-6-2-9(6)10(14)13-8-3-7(11(15)16)4-12-5-8/h3-6,9H,2H2,1H3,(H,13,14)(H,15,16). The van der Waals surface area contributed by atoms with Gasteiger partial charge in [-0.15, -0.1) is 0 Å². The van der Waals surface area contributed by atoms with E-state index >= 15 is 0 Å². The second-order valence-electron chi connectivity index (χ2n) is 4.08. The van der Waals surface area contributed by atoms with Crippen LogP contribution in [0, 0.1) is 11.8 Å². The van der Waals surface area contributed by atoms with E-state index in [-0.39, 0.29) is 17.4 Å². The zero-order valence-electron chi connectivity index (χ0n) is 8.80. The molecule has 16 heavy (non-hydrogen) atoms. The van der Waals surface area contributed by atoms with Crippen LogP contribution in [-0.4, -0.2) is 22.0 Å². The van der Waals surface area contributed by atoms with Gasteiger partial charge in [-0.3, -0.25) is 9.78 Å². The van der Waals surface area contributed by atoms with E-state index in [1.54, 1.807) is 0 Å². The maximum absolute atomic E-state index is 11.6. The van der Waals surface area contributed by atoms with E-state index in [0.29, 0.717) is 11.6 Å². The molecule has 5 heteroatoms. The molecule has 1 amide bonds. The van der Waals surface area contributed by atoms with Crippen molar-refractivity contribution in [3.63, 3.8) is 0 Å². The molecule has 2 atom stereocenters. The van der Waals surface area contributed by atoms with Crippen molar-refractivity contribution in [2.24, 2.45) is 11.8 Å². The first kappa shape index (κ1) is 10.6. The third kappa shape index (κ3) is 2.18. The molecule has 0 aliphatic heterocycles. The highest BCUT2D eigenvalue weighted by molar-refractivity contribution is 5.95. The fourth-order valence-electron chi connectivity index (χ4n) is 1.55. The molecule has 1 aromatic rings. The number of aromatic carboxylic acids is 1. The van der Waals surface area contributed by atoms with E-state index in [1.165, 1.54) is 18.5 Å². The summed E-state index contributed by atoms with van der Waals surface area (Å²) in [6.07, 6.45) is 3.59. The average molecular weight is 220 g/mol. The normalized spacial score (nSPS) is 22.6. The van der Waals surface area contributed by atoms with E-state index < -0.39 is 5.97 Å². The zero-order valence-corrected chi connectivity index (χ0v) is 8.80. The largest absolute Gasteiger partial charge is 0.478 e. The maximum atomic E-state index is 11.6. The molecule has 2 rings (SSSR count). The van der Waals surface area contributed by atoms with Gasteiger partial charge in [0, 0.05) is 12.1 Å². The number of hydrogen-bond acceptors (Lipinski definition) is 3. The second-order valence-corrected chi connectivity index (χ2v) is 4.08. The van der Waals surface area contributed by atoms with Gasteiger partial charge in [-0.25, -0.2) is 4.79 Å². The summed E-state index contributed by atoms with van der Waals surface area (Å²) >= 11 is 0. The van der Waals surface area contributed by atoms with E-state index in [2.05, 4.69) is 10.3 Å². The molecular formula is C11H12N2O3. The minimum atomic E-state index is -1.05. The third-order valence-electron chi connectivity index (χ3n) is 2.70. The lowest BCUT2D eigenvalue weighted by atomic mass is 10.2. The summed E-state index contributed by atoms with van der Waals surface area (Å²) in [5.41, 5.74) is 0.505. The highest BCUT2D eigenvalue weighted by Gasteiger charge is 2.39. The van der Waals surface area contributed by atoms with Crippen molar-refractivity contribution >= 4 is 17.6 Å². The molecular weight excluding hydrogens is 208 g/mol. The molecule has 0 radical (unpaired) electrons. The molecule has 1 heterocycles. The number of carbonyl (C=O) groups excluding carboxylic acids is 1. The number of anilines is 1. The van der Waals surface area contributed by atoms with Crippen LogP contribution in [0.4, 0.5) is 5.69 Å². The summed E-state index contributed by atoms with van der Waals surface area (Å²) in [5.74, 6) is -0.621. The summed E-state index contributed by atoms with van der Waals surface area (Å²) < 4.78 is 0. The Bertz CT molecular complexity index is 445. The van der Waals surface area contributed by atoms with Gasteiger partial charge in [0.15, 0.2) is 0 Å². The second kappa shape index (κ2) is 3.92. The fourth-order valence-corrected chi connectivity index (χ4v) is 1.55. The van der Waals surface area contributed by atoms with E-state index in [9.17, 15) is 9.59 Å². The molecule has 2 N–H and O–H groups in total. The monoisotopic (exact) mass is 220 g/mol. The van der Waals surface area contributed by atoms with Crippen molar-refractivity contribution in [3.05, 3.63) is 24.0 Å². The Morgan fingerprint density at radius 2 is 2.19 bits per heavy atom. The molecule has 0 aromatic carbocycles. The van der Waals surface area contributed by atoms with E-state index in [0.717, 1.165) is 6.42 Å². The molecule has 1 aliphatic rings. The molecule has 2 unspecified atom stereocenters. The Morgan fingerprint density at radius 3 is 2.75 bits per heavy atom. The first-order valence-corrected chi connectivity index (χ1v) is 5.07. The quantitative estimate of drug-likeness (QED) is 0.806. The van der Waals surface area contributed by atoms with Crippen molar-refractivity contribution in [2.45, 2.75) is 13.3 Å². The molecule has 84 valence electrons. The third-order valence-corrected chi connectivity index (χ3v) is 2.70. The molecule has 1 aliphatic carbocycles. The highest BCUT2D eigenvalue weighted by Crippen LogP contribution is 2.38. The maximum Gasteiger partial charge on any atom is 0.337 e. The fraction of sp³-hybridized carbons (Fsp3) is 0.364. The number of pyridine rings is 1. The van der Waals surface area contributed by atoms with Crippen LogP contribution in [0.3, 0.4) is 0 Å². The molecule has 5 nitrogen and oxygen atoms in total. The van der Waals surface area contributed by atoms with Crippen molar-refractivity contribution in [1.29, 1.82) is 0 Å². The zero-order chi connectivity index (χ0) is 11.7. The highest BCUT2D eigenvalue weighted by atomic mass is 16.4. The number of amides is 1. The summed E-state index contributed by atoms with van der Waals surface area (Å²) in [6, 6.07) is 1.40. The van der Waals surface area contributed by atoms with Gasteiger partial charge < -0.3 is 10.4 Å². The Labute approximate surface area is 92.5 Å². The van der Waals surface area contributed by atoms with Crippen molar-refractivity contribution in [2.75, 3.05) is 5.32 Å². The van der Waals surface area contributed by atoms with Gasteiger partial charge in [0.25, 0.3) is 0 Å². The Hall–Kier alpha value is -1.91. The number of carboxylic acids is 1. The van der Waals surface area contributed by atoms with E-state index in [4.69, 9.17) is 5.11 Å². The van der Waals surface area contributed by atoms with Gasteiger partial charge in [0.1, 0.15) is 0 Å². The summed E-state index contributed by atoms with van der Waals surface area (Å²) in [6.45, 7) is 2.01. The van der Waals surface area contributed by atoms with Gasteiger partial charge in [-0.05, 0) is 18.4 Å². The predicted molar refractivity (Wildman–Crippen MR) is 57.1 cm³/mol. The Kier molecular flexibility index (Phi) is 2.60. The number of aromatic nitrogens is 1. The number of rotatable bonds is 3. The van der Waals surface area contributed by atoms with Crippen LogP contribution in [0.25, 0.3) is 0 Å². The number of carbonyl (C=O) groups is 2. The molecule has 0 bridgehead atoms. The van der Waals surface area contributed by atoms with Crippen LogP contribution in [0.5, 0.6) is 0 Å². The Morgan fingerprint density at radius 1 is 1.50 bits per heavy atom. The minimum Gasteiger partial charge on any atom is -0.478 e. The number of nitrogens with zero attached hydrogens (tertiary/aromatic N) is 1. The van der Waals surface area contributed by atoms with Gasteiger partial charge in [-0.1, -0.05) is 6.92 Å². The summed E-state index contributed by atoms with van der Waals surface area (Å²) in [5, 5.41) is 11.4. The smallest absolute Gasteiger partial charge is 0.337 e. The number of nitrogens with one attached hydrogen (secondary N) is 1. The van der Waals surface area contributed by atoms with Gasteiger partial charge in [-0.2, -0.15) is 0 Å². The first-order valence-electron chi connectivity index (χ1n) is 5.07. The lowest BCUT2D eigenvalue weighted by Gasteiger charge is -2.04. The van der Waals surface area contributed by atoms with Crippen molar-refractivity contribution in [1.82, 2.24) is 4.98 Å². The molecule has 1 fully saturated rings. The van der Waals surface area contributed by atoms with Crippen molar-refractivity contribution < 1.29 is 14.7 Å². The lowest BCUT2D eigenvalue weighted by molar-refractivity contribution is -0.117. The SMILES string of the molecule is CC1CC1C(=O)Nc1cncc(C(=O)O)c1. The predicted octanol–water partition coefficient (Wildman–Crippen LogP) is 1.37. The summed E-state index contributed by atoms with van der Waals surface area (Å²) in [4.78, 5) is 26.0. The van der Waals surface area contributed by atoms with E-state index in [1.807, 2.05) is 6.92 Å². The Balaban J connectivity index is 2.06. The minimum absolute atomic E-state index is 0.0585. The van der Waals surface area contributed by atoms with Crippen LogP contribution < -0.4 is 5.32 Å². The van der Waals surface area contributed by atoms with Gasteiger partial charge >= 0.3 is 5.97 Å². The van der Waals surface area contributed by atoms with Crippen molar-refractivity contribution in [3.8, 4) is 0 Å². The molecule has 0 spiro atoms. The molecule has 1 saturated carbocycles. The van der Waals surface area contributed by atoms with Crippen LogP contribution >= 0.6 is 0 Å². The van der Waals surface area contributed by atoms with Crippen LogP contribution in [0.15, 0.2) is 18.5 Å². The van der Waals surface area contributed by atoms with Crippen LogP contribution in [0.1, 0.15) is 23.7 Å². The lowest BCUT2D eigenvalue weighted by Crippen LogP contribution is -2.15. The van der Waals surface area contributed by atoms with Gasteiger partial charge in [0.2, 0.25) is 5.91 Å². The molecule has 0 saturated heterocycles. The number of hydrogen-bond donors (Lipinski definition) is 2. The van der Waals surface area contributed by atoms with Crippen LogP contribution in [-0.2, 0) is 4.79 Å². The van der Waals surface area contributed by atoms with Gasteiger partial charge in [0.05, 0.1) is 17.4 Å². The average Bonchev–Trinajstić information content (AvgIpc) is 2.96. The first-order chi connectivity index (χ1) is 7.58. The number of carboxylic acid groups (broad SMARTS) is 1.